The molecule has 3 rings (SSSR count). The minimum atomic E-state index is -3.19. The molecule has 152 valence electrons. The Hall–Kier alpha value is -1.31. The van der Waals surface area contributed by atoms with Gasteiger partial charge in [-0.3, -0.25) is 0 Å². The van der Waals surface area contributed by atoms with Crippen LogP contribution in [0.4, 0.5) is 0 Å². The average Bonchev–Trinajstić information content (AvgIpc) is 3.11. The Balaban J connectivity index is 1.62. The number of hydrogen-bond donors (Lipinski definition) is 1. The fourth-order valence-corrected chi connectivity index (χ4v) is 4.42. The standard InChI is InChI=1S/C20H24Cl2N2O3S/c1-14(16-4-3-5-17(21)11-16)23-12-15-6-7-19(22)20(10-15)27-18-8-9-24(13-18)28(2,25)26/h3-7,10-11,14,18,23H,8-9,12-13H2,1-2H3/t14-,18?/m1/s1. The number of halogens is 2. The molecule has 2 atom stereocenters. The van der Waals surface area contributed by atoms with E-state index in [0.29, 0.717) is 41.8 Å². The third kappa shape index (κ3) is 5.61. The van der Waals surface area contributed by atoms with E-state index in [1.807, 2.05) is 36.4 Å². The highest BCUT2D eigenvalue weighted by molar-refractivity contribution is 7.88. The summed E-state index contributed by atoms with van der Waals surface area (Å²) >= 11 is 12.3. The quantitative estimate of drug-likeness (QED) is 0.695. The number of ether oxygens (including phenoxy) is 1. The van der Waals surface area contributed by atoms with Gasteiger partial charge < -0.3 is 10.1 Å². The number of nitrogens with zero attached hydrogens (tertiary/aromatic N) is 1. The summed E-state index contributed by atoms with van der Waals surface area (Å²) < 4.78 is 30.8. The molecule has 0 saturated carbocycles. The summed E-state index contributed by atoms with van der Waals surface area (Å²) in [5.74, 6) is 0.580. The molecular formula is C20H24Cl2N2O3S. The van der Waals surface area contributed by atoms with Crippen LogP contribution in [-0.2, 0) is 16.6 Å². The first-order valence-electron chi connectivity index (χ1n) is 9.11. The van der Waals surface area contributed by atoms with Crippen LogP contribution >= 0.6 is 23.2 Å². The van der Waals surface area contributed by atoms with Crippen LogP contribution in [0.5, 0.6) is 5.75 Å². The summed E-state index contributed by atoms with van der Waals surface area (Å²) in [6.45, 7) is 3.54. The molecule has 0 bridgehead atoms. The first-order valence-corrected chi connectivity index (χ1v) is 11.7. The second kappa shape index (κ2) is 9.01. The number of rotatable bonds is 7. The van der Waals surface area contributed by atoms with Crippen LogP contribution in [0.1, 0.15) is 30.5 Å². The van der Waals surface area contributed by atoms with Crippen molar-refractivity contribution in [1.29, 1.82) is 0 Å². The van der Waals surface area contributed by atoms with Gasteiger partial charge in [-0.1, -0.05) is 41.4 Å². The maximum atomic E-state index is 11.7. The van der Waals surface area contributed by atoms with Gasteiger partial charge in [-0.2, -0.15) is 4.31 Å². The lowest BCUT2D eigenvalue weighted by atomic mass is 10.1. The fourth-order valence-electron chi connectivity index (χ4n) is 3.19. The Morgan fingerprint density at radius 1 is 1.25 bits per heavy atom. The molecule has 1 fully saturated rings. The van der Waals surface area contributed by atoms with Gasteiger partial charge in [0.15, 0.2) is 0 Å². The summed E-state index contributed by atoms with van der Waals surface area (Å²) in [5.41, 5.74) is 2.15. The maximum Gasteiger partial charge on any atom is 0.211 e. The predicted octanol–water partition coefficient (Wildman–Crippen LogP) is 4.26. The van der Waals surface area contributed by atoms with E-state index in [-0.39, 0.29) is 12.1 Å². The van der Waals surface area contributed by atoms with Crippen molar-refractivity contribution in [2.24, 2.45) is 0 Å². The molecule has 28 heavy (non-hydrogen) atoms. The molecule has 0 amide bonds. The summed E-state index contributed by atoms with van der Waals surface area (Å²) in [5, 5.41) is 4.70. The largest absolute Gasteiger partial charge is 0.487 e. The van der Waals surface area contributed by atoms with Crippen molar-refractivity contribution in [3.63, 3.8) is 0 Å². The average molecular weight is 443 g/mol. The Kier molecular flexibility index (Phi) is 6.89. The van der Waals surface area contributed by atoms with E-state index in [4.69, 9.17) is 27.9 Å². The van der Waals surface area contributed by atoms with E-state index in [1.54, 1.807) is 6.07 Å². The fraction of sp³-hybridized carbons (Fsp3) is 0.400. The highest BCUT2D eigenvalue weighted by atomic mass is 35.5. The third-order valence-electron chi connectivity index (χ3n) is 4.83. The molecule has 1 saturated heterocycles. The first-order chi connectivity index (χ1) is 13.2. The van der Waals surface area contributed by atoms with E-state index >= 15 is 0 Å². The van der Waals surface area contributed by atoms with Crippen molar-refractivity contribution in [3.8, 4) is 5.75 Å². The highest BCUT2D eigenvalue weighted by Crippen LogP contribution is 2.29. The number of benzene rings is 2. The Bertz CT molecular complexity index is 937. The van der Waals surface area contributed by atoms with E-state index in [0.717, 1.165) is 11.1 Å². The van der Waals surface area contributed by atoms with Crippen molar-refractivity contribution in [2.75, 3.05) is 19.3 Å². The molecule has 1 aliphatic heterocycles. The van der Waals surface area contributed by atoms with Gasteiger partial charge in [0.1, 0.15) is 11.9 Å². The molecule has 1 aliphatic rings. The maximum absolute atomic E-state index is 11.7. The van der Waals surface area contributed by atoms with E-state index in [2.05, 4.69) is 12.2 Å². The van der Waals surface area contributed by atoms with Gasteiger partial charge in [-0.05, 0) is 48.7 Å². The molecule has 0 aliphatic carbocycles. The lowest BCUT2D eigenvalue weighted by molar-refractivity contribution is 0.215. The van der Waals surface area contributed by atoms with E-state index in [1.165, 1.54) is 10.6 Å². The van der Waals surface area contributed by atoms with Crippen molar-refractivity contribution in [1.82, 2.24) is 9.62 Å². The summed E-state index contributed by atoms with van der Waals surface area (Å²) in [4.78, 5) is 0. The molecule has 2 aromatic rings. The lowest BCUT2D eigenvalue weighted by Gasteiger charge is -2.18. The van der Waals surface area contributed by atoms with Crippen LogP contribution in [0.15, 0.2) is 42.5 Å². The zero-order valence-electron chi connectivity index (χ0n) is 15.9. The lowest BCUT2D eigenvalue weighted by Crippen LogP contribution is -2.30. The topological polar surface area (TPSA) is 58.6 Å². The minimum absolute atomic E-state index is 0.136. The monoisotopic (exact) mass is 442 g/mol. The van der Waals surface area contributed by atoms with Gasteiger partial charge in [0.25, 0.3) is 0 Å². The number of sulfonamides is 1. The van der Waals surface area contributed by atoms with Gasteiger partial charge in [-0.25, -0.2) is 8.42 Å². The third-order valence-corrected chi connectivity index (χ3v) is 6.64. The second-order valence-corrected chi connectivity index (χ2v) is 9.90. The SMILES string of the molecule is C[C@@H](NCc1ccc(Cl)c(OC2CCN(S(C)(=O)=O)C2)c1)c1cccc(Cl)c1. The summed E-state index contributed by atoms with van der Waals surface area (Å²) in [7, 11) is -3.19. The van der Waals surface area contributed by atoms with Crippen LogP contribution in [-0.4, -0.2) is 38.2 Å². The molecule has 0 radical (unpaired) electrons. The van der Waals surface area contributed by atoms with Crippen molar-refractivity contribution in [2.45, 2.75) is 32.0 Å². The van der Waals surface area contributed by atoms with Crippen LogP contribution in [0.2, 0.25) is 10.0 Å². The molecule has 1 unspecified atom stereocenters. The Morgan fingerprint density at radius 3 is 2.71 bits per heavy atom. The normalized spacial score (nSPS) is 18.9. The molecule has 5 nitrogen and oxygen atoms in total. The number of hydrogen-bond acceptors (Lipinski definition) is 4. The van der Waals surface area contributed by atoms with Gasteiger partial charge in [0.2, 0.25) is 10.0 Å². The smallest absolute Gasteiger partial charge is 0.211 e. The molecular weight excluding hydrogens is 419 g/mol. The molecule has 8 heteroatoms. The van der Waals surface area contributed by atoms with Gasteiger partial charge in [0.05, 0.1) is 17.8 Å². The van der Waals surface area contributed by atoms with E-state index in [9.17, 15) is 8.42 Å². The Morgan fingerprint density at radius 2 is 2.04 bits per heavy atom. The molecule has 1 heterocycles. The molecule has 0 aromatic heterocycles. The first kappa shape index (κ1) is 21.4. The van der Waals surface area contributed by atoms with Gasteiger partial charge in [0, 0.05) is 24.2 Å². The zero-order valence-corrected chi connectivity index (χ0v) is 18.2. The summed E-state index contributed by atoms with van der Waals surface area (Å²) in [6, 6.07) is 13.6. The van der Waals surface area contributed by atoms with Crippen LogP contribution in [0.25, 0.3) is 0 Å². The van der Waals surface area contributed by atoms with Gasteiger partial charge >= 0.3 is 0 Å². The van der Waals surface area contributed by atoms with Gasteiger partial charge in [-0.15, -0.1) is 0 Å². The van der Waals surface area contributed by atoms with Crippen LogP contribution in [0.3, 0.4) is 0 Å². The molecule has 2 aromatic carbocycles. The molecule has 0 spiro atoms. The predicted molar refractivity (Wildman–Crippen MR) is 114 cm³/mol. The summed E-state index contributed by atoms with van der Waals surface area (Å²) in [6.07, 6.45) is 1.67. The van der Waals surface area contributed by atoms with Crippen molar-refractivity contribution < 1.29 is 13.2 Å². The Labute approximate surface area is 176 Å². The van der Waals surface area contributed by atoms with Crippen molar-refractivity contribution >= 4 is 33.2 Å². The minimum Gasteiger partial charge on any atom is -0.487 e. The molecule has 1 N–H and O–H groups in total. The van der Waals surface area contributed by atoms with E-state index < -0.39 is 10.0 Å². The zero-order chi connectivity index (χ0) is 20.3. The van der Waals surface area contributed by atoms with Crippen LogP contribution in [0, 0.1) is 0 Å². The van der Waals surface area contributed by atoms with Crippen LogP contribution < -0.4 is 10.1 Å². The van der Waals surface area contributed by atoms with Crippen molar-refractivity contribution in [3.05, 3.63) is 63.6 Å². The number of nitrogens with one attached hydrogen (secondary N) is 1. The second-order valence-electron chi connectivity index (χ2n) is 7.07. The highest BCUT2D eigenvalue weighted by Gasteiger charge is 2.30.